The zero-order chi connectivity index (χ0) is 16.3. The molecule has 128 valence electrons. The fourth-order valence-corrected chi connectivity index (χ4v) is 4.85. The van der Waals surface area contributed by atoms with Crippen molar-refractivity contribution in [2.24, 2.45) is 17.8 Å². The molecular weight excluding hydrogens is 284 g/mol. The van der Waals surface area contributed by atoms with E-state index in [4.69, 9.17) is 4.74 Å². The molecule has 1 N–H and O–H groups in total. The Bertz CT molecular complexity index is 477. The molecule has 0 unspecified atom stereocenters. The SMILES string of the molecule is CCC1CCC([C@H]2CC[C@](O)(c3ccc(OC)cc3)CC2)CC1. The molecule has 2 fully saturated rings. The third-order valence-electron chi connectivity index (χ3n) is 6.62. The fourth-order valence-electron chi connectivity index (χ4n) is 4.85. The summed E-state index contributed by atoms with van der Waals surface area (Å²) in [6.45, 7) is 2.33. The molecule has 2 saturated carbocycles. The highest BCUT2D eigenvalue weighted by Gasteiger charge is 2.38. The molecule has 2 nitrogen and oxygen atoms in total. The normalized spacial score (nSPS) is 35.0. The predicted octanol–water partition coefficient (Wildman–Crippen LogP) is 5.29. The Kier molecular flexibility index (Phi) is 5.31. The molecule has 0 spiro atoms. The van der Waals surface area contributed by atoms with Crippen molar-refractivity contribution in [3.8, 4) is 5.75 Å². The number of aliphatic hydroxyl groups is 1. The van der Waals surface area contributed by atoms with Gasteiger partial charge in [-0.3, -0.25) is 0 Å². The van der Waals surface area contributed by atoms with Gasteiger partial charge < -0.3 is 9.84 Å². The van der Waals surface area contributed by atoms with Crippen molar-refractivity contribution < 1.29 is 9.84 Å². The van der Waals surface area contributed by atoms with Crippen LogP contribution in [0, 0.1) is 17.8 Å². The Morgan fingerprint density at radius 2 is 1.52 bits per heavy atom. The molecule has 0 saturated heterocycles. The third kappa shape index (κ3) is 3.74. The van der Waals surface area contributed by atoms with E-state index in [0.717, 1.165) is 41.9 Å². The molecule has 1 aromatic rings. The molecule has 2 aliphatic rings. The van der Waals surface area contributed by atoms with Gasteiger partial charge in [0.1, 0.15) is 5.75 Å². The topological polar surface area (TPSA) is 29.5 Å². The molecule has 0 heterocycles. The molecule has 0 radical (unpaired) electrons. The number of benzene rings is 1. The zero-order valence-corrected chi connectivity index (χ0v) is 14.8. The van der Waals surface area contributed by atoms with Crippen LogP contribution in [0.15, 0.2) is 24.3 Å². The highest BCUT2D eigenvalue weighted by Crippen LogP contribution is 2.46. The molecule has 0 bridgehead atoms. The molecule has 23 heavy (non-hydrogen) atoms. The number of hydrogen-bond donors (Lipinski definition) is 1. The molecule has 0 aliphatic heterocycles. The minimum Gasteiger partial charge on any atom is -0.497 e. The van der Waals surface area contributed by atoms with Crippen molar-refractivity contribution in [1.29, 1.82) is 0 Å². The predicted molar refractivity (Wildman–Crippen MR) is 94.6 cm³/mol. The summed E-state index contributed by atoms with van der Waals surface area (Å²) in [6, 6.07) is 7.99. The summed E-state index contributed by atoms with van der Waals surface area (Å²) >= 11 is 0. The van der Waals surface area contributed by atoms with Crippen LogP contribution in [0.3, 0.4) is 0 Å². The lowest BCUT2D eigenvalue weighted by Gasteiger charge is -2.41. The van der Waals surface area contributed by atoms with Crippen LogP contribution in [0.4, 0.5) is 0 Å². The van der Waals surface area contributed by atoms with E-state index in [9.17, 15) is 5.11 Å². The van der Waals surface area contributed by atoms with Crippen molar-refractivity contribution in [1.82, 2.24) is 0 Å². The van der Waals surface area contributed by atoms with Gasteiger partial charge in [-0.2, -0.15) is 0 Å². The average molecular weight is 316 g/mol. The van der Waals surface area contributed by atoms with Gasteiger partial charge in [-0.1, -0.05) is 38.3 Å². The summed E-state index contributed by atoms with van der Waals surface area (Å²) in [5.41, 5.74) is 0.440. The number of hydrogen-bond acceptors (Lipinski definition) is 2. The highest BCUT2D eigenvalue weighted by molar-refractivity contribution is 5.31. The second-order valence-corrected chi connectivity index (χ2v) is 7.79. The van der Waals surface area contributed by atoms with E-state index in [-0.39, 0.29) is 0 Å². The standard InChI is InChI=1S/C21H32O2/c1-3-16-4-6-17(7-5-16)18-12-14-21(22,15-13-18)19-8-10-20(23-2)11-9-19/h8-11,16-18,22H,3-7,12-15H2,1-2H3/t16?,17?,18-,21+. The molecule has 0 aromatic heterocycles. The summed E-state index contributed by atoms with van der Waals surface area (Å²) in [5, 5.41) is 11.1. The second-order valence-electron chi connectivity index (χ2n) is 7.79. The van der Waals surface area contributed by atoms with E-state index in [1.807, 2.05) is 24.3 Å². The van der Waals surface area contributed by atoms with E-state index >= 15 is 0 Å². The van der Waals surface area contributed by atoms with Crippen LogP contribution in [0.1, 0.15) is 70.3 Å². The first-order valence-corrected chi connectivity index (χ1v) is 9.51. The molecule has 0 atom stereocenters. The summed E-state index contributed by atoms with van der Waals surface area (Å²) in [6.07, 6.45) is 11.3. The van der Waals surface area contributed by atoms with Crippen molar-refractivity contribution in [3.05, 3.63) is 29.8 Å². The quantitative estimate of drug-likeness (QED) is 0.818. The van der Waals surface area contributed by atoms with Gasteiger partial charge in [0, 0.05) is 0 Å². The van der Waals surface area contributed by atoms with Crippen LogP contribution in [0.5, 0.6) is 5.75 Å². The van der Waals surface area contributed by atoms with Crippen LogP contribution >= 0.6 is 0 Å². The van der Waals surface area contributed by atoms with E-state index < -0.39 is 5.60 Å². The number of rotatable bonds is 4. The van der Waals surface area contributed by atoms with Gasteiger partial charge in [0.15, 0.2) is 0 Å². The Morgan fingerprint density at radius 3 is 2.04 bits per heavy atom. The van der Waals surface area contributed by atoms with E-state index in [1.54, 1.807) is 7.11 Å². The zero-order valence-electron chi connectivity index (χ0n) is 14.8. The van der Waals surface area contributed by atoms with E-state index in [1.165, 1.54) is 44.9 Å². The summed E-state index contributed by atoms with van der Waals surface area (Å²) in [4.78, 5) is 0. The van der Waals surface area contributed by atoms with Gasteiger partial charge in [-0.15, -0.1) is 0 Å². The first-order valence-electron chi connectivity index (χ1n) is 9.51. The minimum atomic E-state index is -0.622. The van der Waals surface area contributed by atoms with Crippen LogP contribution in [0.2, 0.25) is 0 Å². The number of ether oxygens (including phenoxy) is 1. The van der Waals surface area contributed by atoms with Gasteiger partial charge in [0.2, 0.25) is 0 Å². The highest BCUT2D eigenvalue weighted by atomic mass is 16.5. The molecule has 3 rings (SSSR count). The molecule has 2 heteroatoms. The third-order valence-corrected chi connectivity index (χ3v) is 6.62. The maximum atomic E-state index is 11.1. The summed E-state index contributed by atoms with van der Waals surface area (Å²) in [5.74, 6) is 3.59. The lowest BCUT2D eigenvalue weighted by Crippen LogP contribution is -2.34. The maximum Gasteiger partial charge on any atom is 0.118 e. The summed E-state index contributed by atoms with van der Waals surface area (Å²) in [7, 11) is 1.68. The Hall–Kier alpha value is -1.02. The van der Waals surface area contributed by atoms with Gasteiger partial charge in [0.05, 0.1) is 12.7 Å². The second kappa shape index (κ2) is 7.25. The van der Waals surface area contributed by atoms with Crippen LogP contribution in [-0.2, 0) is 5.60 Å². The average Bonchev–Trinajstić information content (AvgIpc) is 2.62. The van der Waals surface area contributed by atoms with Crippen molar-refractivity contribution in [3.63, 3.8) is 0 Å². The monoisotopic (exact) mass is 316 g/mol. The van der Waals surface area contributed by atoms with Gasteiger partial charge >= 0.3 is 0 Å². The Balaban J connectivity index is 1.56. The number of methoxy groups -OCH3 is 1. The Morgan fingerprint density at radius 1 is 0.957 bits per heavy atom. The smallest absolute Gasteiger partial charge is 0.118 e. The molecule has 0 amide bonds. The summed E-state index contributed by atoms with van der Waals surface area (Å²) < 4.78 is 5.22. The van der Waals surface area contributed by atoms with Crippen molar-refractivity contribution in [2.75, 3.05) is 7.11 Å². The van der Waals surface area contributed by atoms with E-state index in [2.05, 4.69) is 6.92 Å². The van der Waals surface area contributed by atoms with Crippen LogP contribution in [-0.4, -0.2) is 12.2 Å². The van der Waals surface area contributed by atoms with Crippen molar-refractivity contribution in [2.45, 2.75) is 70.3 Å². The lowest BCUT2D eigenvalue weighted by molar-refractivity contribution is -0.0260. The first kappa shape index (κ1) is 16.8. The molecule has 2 aliphatic carbocycles. The maximum absolute atomic E-state index is 11.1. The van der Waals surface area contributed by atoms with Gasteiger partial charge in [0.25, 0.3) is 0 Å². The van der Waals surface area contributed by atoms with Crippen molar-refractivity contribution >= 4 is 0 Å². The fraction of sp³-hybridized carbons (Fsp3) is 0.714. The minimum absolute atomic E-state index is 0.622. The van der Waals surface area contributed by atoms with E-state index in [0.29, 0.717) is 0 Å². The van der Waals surface area contributed by atoms with Gasteiger partial charge in [-0.05, 0) is 74.0 Å². The first-order chi connectivity index (χ1) is 11.1. The Labute approximate surface area is 141 Å². The van der Waals surface area contributed by atoms with Crippen LogP contribution in [0.25, 0.3) is 0 Å². The lowest BCUT2D eigenvalue weighted by atomic mass is 9.67. The van der Waals surface area contributed by atoms with Gasteiger partial charge in [-0.25, -0.2) is 0 Å². The largest absolute Gasteiger partial charge is 0.497 e. The molecular formula is C21H32O2. The molecule has 1 aromatic carbocycles. The van der Waals surface area contributed by atoms with Crippen LogP contribution < -0.4 is 4.74 Å².